The lowest BCUT2D eigenvalue weighted by Crippen LogP contribution is -2.30. The first kappa shape index (κ1) is 17.4. The molecule has 3 N–H and O–H groups in total. The number of hydrogen-bond donors (Lipinski definition) is 2. The van der Waals surface area contributed by atoms with Gasteiger partial charge in [-0.2, -0.15) is 0 Å². The zero-order valence-electron chi connectivity index (χ0n) is 13.6. The molecule has 1 unspecified atom stereocenters. The molecule has 0 bridgehead atoms. The summed E-state index contributed by atoms with van der Waals surface area (Å²) in [6.45, 7) is 4.30. The summed E-state index contributed by atoms with van der Waals surface area (Å²) in [4.78, 5) is 12.4. The molecule has 0 aliphatic carbocycles. The van der Waals surface area contributed by atoms with Gasteiger partial charge in [-0.05, 0) is 47.7 Å². The van der Waals surface area contributed by atoms with Gasteiger partial charge < -0.3 is 11.1 Å². The molecule has 0 spiro atoms. The van der Waals surface area contributed by atoms with Crippen LogP contribution in [-0.2, 0) is 11.2 Å². The van der Waals surface area contributed by atoms with Crippen LogP contribution in [-0.4, -0.2) is 5.91 Å². The maximum absolute atomic E-state index is 12.4. The Kier molecular flexibility index (Phi) is 6.05. The number of hydrogen-bond acceptors (Lipinski definition) is 2. The van der Waals surface area contributed by atoms with Crippen LogP contribution in [0.1, 0.15) is 37.4 Å². The lowest BCUT2D eigenvalue weighted by Gasteiger charge is -2.21. The van der Waals surface area contributed by atoms with Crippen LogP contribution in [0, 0.1) is 5.92 Å². The molecule has 0 heterocycles. The predicted octanol–water partition coefficient (Wildman–Crippen LogP) is 4.37. The minimum atomic E-state index is -0.00597. The normalized spacial score (nSPS) is 12.2. The summed E-state index contributed by atoms with van der Waals surface area (Å²) in [5, 5.41) is 3.83. The number of carbonyl (C=O) groups excluding carboxylic acids is 1. The zero-order valence-corrected chi connectivity index (χ0v) is 14.3. The fourth-order valence-electron chi connectivity index (χ4n) is 2.51. The average molecular weight is 331 g/mol. The second-order valence-electron chi connectivity index (χ2n) is 6.22. The SMILES string of the molecule is CC(C)CC(NC(=O)Cc1ccc(N)cc1)c1ccc(Cl)cc1. The van der Waals surface area contributed by atoms with E-state index in [1.165, 1.54) is 0 Å². The summed E-state index contributed by atoms with van der Waals surface area (Å²) in [5.41, 5.74) is 8.40. The first-order chi connectivity index (χ1) is 10.9. The number of nitrogen functional groups attached to an aromatic ring is 1. The van der Waals surface area contributed by atoms with Gasteiger partial charge in [0.2, 0.25) is 5.91 Å². The van der Waals surface area contributed by atoms with Gasteiger partial charge in [0, 0.05) is 10.7 Å². The summed E-state index contributed by atoms with van der Waals surface area (Å²) in [7, 11) is 0. The van der Waals surface area contributed by atoms with Crippen LogP contribution < -0.4 is 11.1 Å². The molecule has 3 nitrogen and oxygen atoms in total. The third-order valence-corrected chi connectivity index (χ3v) is 3.91. The second-order valence-corrected chi connectivity index (χ2v) is 6.66. The Hall–Kier alpha value is -2.00. The number of halogens is 1. The van der Waals surface area contributed by atoms with Crippen LogP contribution in [0.15, 0.2) is 48.5 Å². The lowest BCUT2D eigenvalue weighted by molar-refractivity contribution is -0.121. The molecule has 4 heteroatoms. The highest BCUT2D eigenvalue weighted by Crippen LogP contribution is 2.23. The van der Waals surface area contributed by atoms with Crippen molar-refractivity contribution in [2.24, 2.45) is 5.92 Å². The van der Waals surface area contributed by atoms with Gasteiger partial charge in [0.1, 0.15) is 0 Å². The number of amides is 1. The van der Waals surface area contributed by atoms with E-state index in [2.05, 4.69) is 19.2 Å². The van der Waals surface area contributed by atoms with Crippen molar-refractivity contribution in [2.45, 2.75) is 32.7 Å². The topological polar surface area (TPSA) is 55.1 Å². The van der Waals surface area contributed by atoms with Crippen LogP contribution in [0.5, 0.6) is 0 Å². The maximum atomic E-state index is 12.4. The Labute approximate surface area is 142 Å². The highest BCUT2D eigenvalue weighted by atomic mass is 35.5. The van der Waals surface area contributed by atoms with E-state index in [1.54, 1.807) is 0 Å². The summed E-state index contributed by atoms with van der Waals surface area (Å²) >= 11 is 5.95. The van der Waals surface area contributed by atoms with E-state index in [-0.39, 0.29) is 11.9 Å². The Morgan fingerprint density at radius 3 is 2.26 bits per heavy atom. The number of carbonyl (C=O) groups is 1. The van der Waals surface area contributed by atoms with Crippen molar-refractivity contribution in [3.63, 3.8) is 0 Å². The van der Waals surface area contributed by atoms with Gasteiger partial charge in [-0.1, -0.05) is 49.7 Å². The number of rotatable bonds is 6. The summed E-state index contributed by atoms with van der Waals surface area (Å²) in [6.07, 6.45) is 1.23. The largest absolute Gasteiger partial charge is 0.399 e. The number of nitrogens with one attached hydrogen (secondary N) is 1. The first-order valence-electron chi connectivity index (χ1n) is 7.83. The Balaban J connectivity index is 2.06. The van der Waals surface area contributed by atoms with Crippen LogP contribution >= 0.6 is 11.6 Å². The highest BCUT2D eigenvalue weighted by molar-refractivity contribution is 6.30. The average Bonchev–Trinajstić information content (AvgIpc) is 2.49. The number of anilines is 1. The molecular formula is C19H23ClN2O. The Morgan fingerprint density at radius 1 is 1.09 bits per heavy atom. The van der Waals surface area contributed by atoms with Gasteiger partial charge in [0.15, 0.2) is 0 Å². The van der Waals surface area contributed by atoms with Crippen molar-refractivity contribution >= 4 is 23.2 Å². The van der Waals surface area contributed by atoms with Crippen molar-refractivity contribution in [2.75, 3.05) is 5.73 Å². The smallest absolute Gasteiger partial charge is 0.224 e. The maximum Gasteiger partial charge on any atom is 0.224 e. The number of benzene rings is 2. The predicted molar refractivity (Wildman–Crippen MR) is 96.3 cm³/mol. The third kappa shape index (κ3) is 5.61. The molecule has 2 aromatic rings. The Bertz CT molecular complexity index is 635. The van der Waals surface area contributed by atoms with Crippen LogP contribution in [0.25, 0.3) is 0 Å². The molecule has 0 fully saturated rings. The molecule has 0 saturated heterocycles. The standard InChI is InChI=1S/C19H23ClN2O/c1-13(2)11-18(15-5-7-16(20)8-6-15)22-19(23)12-14-3-9-17(21)10-4-14/h3-10,13,18H,11-12,21H2,1-2H3,(H,22,23). The van der Waals surface area contributed by atoms with Crippen LogP contribution in [0.2, 0.25) is 5.02 Å². The van der Waals surface area contributed by atoms with E-state index in [9.17, 15) is 4.79 Å². The van der Waals surface area contributed by atoms with Gasteiger partial charge in [0.25, 0.3) is 0 Å². The van der Waals surface area contributed by atoms with E-state index in [4.69, 9.17) is 17.3 Å². The van der Waals surface area contributed by atoms with Gasteiger partial charge >= 0.3 is 0 Å². The molecule has 2 aromatic carbocycles. The third-order valence-electron chi connectivity index (χ3n) is 3.66. The molecule has 0 aliphatic heterocycles. The van der Waals surface area contributed by atoms with Crippen molar-refractivity contribution < 1.29 is 4.79 Å². The molecule has 23 heavy (non-hydrogen) atoms. The highest BCUT2D eigenvalue weighted by Gasteiger charge is 2.16. The van der Waals surface area contributed by atoms with Gasteiger partial charge in [-0.25, -0.2) is 0 Å². The summed E-state index contributed by atoms with van der Waals surface area (Å²) in [6, 6.07) is 15.0. The van der Waals surface area contributed by atoms with Crippen LogP contribution in [0.3, 0.4) is 0 Å². The minimum absolute atomic E-state index is 0.00597. The Morgan fingerprint density at radius 2 is 1.70 bits per heavy atom. The van der Waals surface area contributed by atoms with E-state index >= 15 is 0 Å². The fourth-order valence-corrected chi connectivity index (χ4v) is 2.64. The van der Waals surface area contributed by atoms with E-state index in [0.29, 0.717) is 23.0 Å². The van der Waals surface area contributed by atoms with Crippen molar-refractivity contribution in [3.05, 3.63) is 64.7 Å². The molecule has 1 atom stereocenters. The monoisotopic (exact) mass is 330 g/mol. The molecule has 0 saturated carbocycles. The van der Waals surface area contributed by atoms with Crippen molar-refractivity contribution in [3.8, 4) is 0 Å². The second kappa shape index (κ2) is 8.02. The molecule has 1 amide bonds. The van der Waals surface area contributed by atoms with Crippen LogP contribution in [0.4, 0.5) is 5.69 Å². The first-order valence-corrected chi connectivity index (χ1v) is 8.21. The fraction of sp³-hybridized carbons (Fsp3) is 0.316. The molecule has 122 valence electrons. The van der Waals surface area contributed by atoms with Crippen molar-refractivity contribution in [1.29, 1.82) is 0 Å². The zero-order chi connectivity index (χ0) is 16.8. The van der Waals surface area contributed by atoms with Gasteiger partial charge in [-0.3, -0.25) is 4.79 Å². The minimum Gasteiger partial charge on any atom is -0.399 e. The quantitative estimate of drug-likeness (QED) is 0.773. The molecule has 0 radical (unpaired) electrons. The van der Waals surface area contributed by atoms with E-state index in [0.717, 1.165) is 17.5 Å². The number of nitrogens with two attached hydrogens (primary N) is 1. The van der Waals surface area contributed by atoms with E-state index < -0.39 is 0 Å². The van der Waals surface area contributed by atoms with E-state index in [1.807, 2.05) is 48.5 Å². The van der Waals surface area contributed by atoms with Gasteiger partial charge in [0.05, 0.1) is 12.5 Å². The summed E-state index contributed by atoms with van der Waals surface area (Å²) < 4.78 is 0. The summed E-state index contributed by atoms with van der Waals surface area (Å²) in [5.74, 6) is 0.489. The van der Waals surface area contributed by atoms with Crippen molar-refractivity contribution in [1.82, 2.24) is 5.32 Å². The van der Waals surface area contributed by atoms with Gasteiger partial charge in [-0.15, -0.1) is 0 Å². The molecule has 2 rings (SSSR count). The molecule has 0 aromatic heterocycles. The lowest BCUT2D eigenvalue weighted by atomic mass is 9.96. The molecular weight excluding hydrogens is 308 g/mol. The molecule has 0 aliphatic rings.